The summed E-state index contributed by atoms with van der Waals surface area (Å²) in [5, 5.41) is 9.84. The normalized spacial score (nSPS) is 13.2. The molecule has 2 nitrogen and oxygen atoms in total. The van der Waals surface area contributed by atoms with Crippen molar-refractivity contribution in [2.75, 3.05) is 0 Å². The van der Waals surface area contributed by atoms with E-state index >= 15 is 0 Å². The van der Waals surface area contributed by atoms with Crippen molar-refractivity contribution in [1.82, 2.24) is 4.98 Å². The van der Waals surface area contributed by atoms with Gasteiger partial charge in [0.2, 0.25) is 0 Å². The van der Waals surface area contributed by atoms with Gasteiger partial charge in [-0.3, -0.25) is 4.98 Å². The topological polar surface area (TPSA) is 33.1 Å². The Morgan fingerprint density at radius 3 is 2.48 bits per heavy atom. The predicted molar refractivity (Wildman–Crippen MR) is 69.3 cm³/mol. The van der Waals surface area contributed by atoms with Crippen molar-refractivity contribution in [3.05, 3.63) is 64.2 Å². The Balaban J connectivity index is 2.17. The lowest BCUT2D eigenvalue weighted by Crippen LogP contribution is -2.09. The van der Waals surface area contributed by atoms with Crippen LogP contribution in [0.3, 0.4) is 0 Å². The molecule has 0 aliphatic carbocycles. The van der Waals surface area contributed by atoms with E-state index in [0.717, 1.165) is 12.1 Å². The quantitative estimate of drug-likeness (QED) is 0.861. The molecule has 0 spiro atoms. The minimum absolute atomic E-state index is 0.0467. The third kappa shape index (κ3) is 3.71. The van der Waals surface area contributed by atoms with Crippen molar-refractivity contribution in [1.29, 1.82) is 0 Å². The monoisotopic (exact) mass is 319 g/mol. The molecule has 1 atom stereocenters. The fourth-order valence-electron chi connectivity index (χ4n) is 1.79. The minimum atomic E-state index is -4.48. The Bertz CT molecular complexity index is 628. The van der Waals surface area contributed by atoms with E-state index in [9.17, 15) is 22.7 Å². The number of benzene rings is 1. The number of aliphatic hydroxyl groups excluding tert-OH is 1. The Labute approximate surface area is 123 Å². The SMILES string of the molecule is OC(Cc1cccc(F)c1Cl)c1ccc(C(F)(F)F)cn1. The number of rotatable bonds is 3. The summed E-state index contributed by atoms with van der Waals surface area (Å²) in [6, 6.07) is 6.05. The molecule has 1 aromatic carbocycles. The second-order valence-corrected chi connectivity index (χ2v) is 4.78. The molecule has 0 fully saturated rings. The standard InChI is InChI=1S/C14H10ClF4NO/c15-13-8(2-1-3-10(13)16)6-12(21)11-5-4-9(7-20-11)14(17,18)19/h1-5,7,12,21H,6H2. The molecule has 112 valence electrons. The van der Waals surface area contributed by atoms with Crippen LogP contribution in [0.15, 0.2) is 36.5 Å². The zero-order valence-corrected chi connectivity index (χ0v) is 11.3. The van der Waals surface area contributed by atoms with Gasteiger partial charge >= 0.3 is 6.18 Å². The second kappa shape index (κ2) is 5.99. The minimum Gasteiger partial charge on any atom is -0.386 e. The smallest absolute Gasteiger partial charge is 0.386 e. The first kappa shape index (κ1) is 15.7. The lowest BCUT2D eigenvalue weighted by atomic mass is 10.0. The molecule has 0 saturated carbocycles. The summed E-state index contributed by atoms with van der Waals surface area (Å²) >= 11 is 5.75. The zero-order valence-electron chi connectivity index (χ0n) is 10.5. The second-order valence-electron chi connectivity index (χ2n) is 4.40. The molecule has 2 aromatic rings. The number of halogens is 5. The molecule has 21 heavy (non-hydrogen) atoms. The zero-order chi connectivity index (χ0) is 15.6. The predicted octanol–water partition coefficient (Wildman–Crippen LogP) is 4.17. The van der Waals surface area contributed by atoms with Crippen LogP contribution in [0.1, 0.15) is 22.9 Å². The molecule has 0 bridgehead atoms. The number of aromatic nitrogens is 1. The van der Waals surface area contributed by atoms with E-state index in [1.807, 2.05) is 0 Å². The third-order valence-corrected chi connectivity index (χ3v) is 3.32. The van der Waals surface area contributed by atoms with E-state index in [1.165, 1.54) is 18.2 Å². The number of pyridine rings is 1. The van der Waals surface area contributed by atoms with Crippen LogP contribution < -0.4 is 0 Å². The van der Waals surface area contributed by atoms with Gasteiger partial charge in [-0.15, -0.1) is 0 Å². The molecular weight excluding hydrogens is 310 g/mol. The largest absolute Gasteiger partial charge is 0.417 e. The maximum Gasteiger partial charge on any atom is 0.417 e. The molecule has 1 heterocycles. The Morgan fingerprint density at radius 1 is 1.19 bits per heavy atom. The van der Waals surface area contributed by atoms with Gasteiger partial charge in [-0.2, -0.15) is 13.2 Å². The fourth-order valence-corrected chi connectivity index (χ4v) is 1.99. The van der Waals surface area contributed by atoms with Gasteiger partial charge in [0.15, 0.2) is 0 Å². The van der Waals surface area contributed by atoms with Crippen LogP contribution in [-0.4, -0.2) is 10.1 Å². The molecule has 0 radical (unpaired) electrons. The van der Waals surface area contributed by atoms with Crippen LogP contribution in [0.4, 0.5) is 17.6 Å². The molecule has 1 unspecified atom stereocenters. The highest BCUT2D eigenvalue weighted by atomic mass is 35.5. The van der Waals surface area contributed by atoms with Gasteiger partial charge in [-0.1, -0.05) is 23.7 Å². The maximum absolute atomic E-state index is 13.3. The summed E-state index contributed by atoms with van der Waals surface area (Å²) in [5.41, 5.74) is -0.489. The Kier molecular flexibility index (Phi) is 4.49. The maximum atomic E-state index is 13.3. The summed E-state index contributed by atoms with van der Waals surface area (Å²) in [5.74, 6) is -0.623. The third-order valence-electron chi connectivity index (χ3n) is 2.90. The highest BCUT2D eigenvalue weighted by Gasteiger charge is 2.30. The molecule has 0 aliphatic rings. The summed E-state index contributed by atoms with van der Waals surface area (Å²) in [7, 11) is 0. The van der Waals surface area contributed by atoms with Gasteiger partial charge in [0.25, 0.3) is 0 Å². The molecule has 1 aromatic heterocycles. The van der Waals surface area contributed by atoms with Crippen LogP contribution in [0.25, 0.3) is 0 Å². The number of hydrogen-bond acceptors (Lipinski definition) is 2. The van der Waals surface area contributed by atoms with Crippen molar-refractivity contribution in [3.63, 3.8) is 0 Å². The molecule has 0 saturated heterocycles. The van der Waals surface area contributed by atoms with Crippen molar-refractivity contribution in [3.8, 4) is 0 Å². The van der Waals surface area contributed by atoms with Gasteiger partial charge in [-0.05, 0) is 23.8 Å². The number of aliphatic hydroxyl groups is 1. The summed E-state index contributed by atoms with van der Waals surface area (Å²) in [6.45, 7) is 0. The van der Waals surface area contributed by atoms with Crippen molar-refractivity contribution >= 4 is 11.6 Å². The van der Waals surface area contributed by atoms with Crippen LogP contribution in [0.5, 0.6) is 0 Å². The van der Waals surface area contributed by atoms with Crippen LogP contribution in [0.2, 0.25) is 5.02 Å². The number of alkyl halides is 3. The van der Waals surface area contributed by atoms with E-state index in [2.05, 4.69) is 4.98 Å². The molecule has 7 heteroatoms. The Hall–Kier alpha value is -1.66. The molecular formula is C14H10ClF4NO. The van der Waals surface area contributed by atoms with Gasteiger partial charge < -0.3 is 5.11 Å². The van der Waals surface area contributed by atoms with E-state index in [0.29, 0.717) is 11.8 Å². The molecule has 0 aliphatic heterocycles. The van der Waals surface area contributed by atoms with Gasteiger partial charge in [0.05, 0.1) is 22.4 Å². The first-order valence-electron chi connectivity index (χ1n) is 5.93. The summed E-state index contributed by atoms with van der Waals surface area (Å²) in [4.78, 5) is 3.59. The van der Waals surface area contributed by atoms with Crippen molar-refractivity contribution in [2.24, 2.45) is 0 Å². The number of hydrogen-bond donors (Lipinski definition) is 1. The van der Waals surface area contributed by atoms with Crippen molar-refractivity contribution in [2.45, 2.75) is 18.7 Å². The van der Waals surface area contributed by atoms with E-state index < -0.39 is 23.7 Å². The fraction of sp³-hybridized carbons (Fsp3) is 0.214. The van der Waals surface area contributed by atoms with Crippen LogP contribution >= 0.6 is 11.6 Å². The lowest BCUT2D eigenvalue weighted by Gasteiger charge is -2.13. The molecule has 2 rings (SSSR count). The average molecular weight is 320 g/mol. The van der Waals surface area contributed by atoms with E-state index in [-0.39, 0.29) is 17.1 Å². The van der Waals surface area contributed by atoms with E-state index in [1.54, 1.807) is 0 Å². The molecule has 1 N–H and O–H groups in total. The van der Waals surface area contributed by atoms with Gasteiger partial charge in [0.1, 0.15) is 5.82 Å². The highest BCUT2D eigenvalue weighted by Crippen LogP contribution is 2.30. The average Bonchev–Trinajstić information content (AvgIpc) is 2.43. The number of nitrogens with zero attached hydrogens (tertiary/aromatic N) is 1. The molecule has 0 amide bonds. The van der Waals surface area contributed by atoms with Crippen LogP contribution in [-0.2, 0) is 12.6 Å². The summed E-state index contributed by atoms with van der Waals surface area (Å²) in [6.07, 6.45) is -5.06. The first-order valence-corrected chi connectivity index (χ1v) is 6.31. The van der Waals surface area contributed by atoms with Gasteiger partial charge in [-0.25, -0.2) is 4.39 Å². The highest BCUT2D eigenvalue weighted by molar-refractivity contribution is 6.31. The van der Waals surface area contributed by atoms with Crippen LogP contribution in [0, 0.1) is 5.82 Å². The Morgan fingerprint density at radius 2 is 1.90 bits per heavy atom. The van der Waals surface area contributed by atoms with E-state index in [4.69, 9.17) is 11.6 Å². The first-order chi connectivity index (χ1) is 9.79. The lowest BCUT2D eigenvalue weighted by molar-refractivity contribution is -0.137. The van der Waals surface area contributed by atoms with Gasteiger partial charge in [0, 0.05) is 12.6 Å². The van der Waals surface area contributed by atoms with Crippen molar-refractivity contribution < 1.29 is 22.7 Å². The summed E-state index contributed by atoms with van der Waals surface area (Å²) < 4.78 is 50.5.